The molecule has 0 aliphatic carbocycles. The molecule has 2 aromatic carbocycles. The second kappa shape index (κ2) is 8.22. The highest BCUT2D eigenvalue weighted by molar-refractivity contribution is 7.89. The molecule has 0 fully saturated rings. The number of anilines is 1. The molecule has 7 nitrogen and oxygen atoms in total. The van der Waals surface area contributed by atoms with Gasteiger partial charge in [-0.2, -0.15) is 0 Å². The van der Waals surface area contributed by atoms with E-state index in [1.807, 2.05) is 13.0 Å². The third kappa shape index (κ3) is 4.85. The summed E-state index contributed by atoms with van der Waals surface area (Å²) in [6.45, 7) is 6.76. The predicted molar refractivity (Wildman–Crippen MR) is 104 cm³/mol. The minimum Gasteiger partial charge on any atom is -0.307 e. The molecule has 27 heavy (non-hydrogen) atoms. The summed E-state index contributed by atoms with van der Waals surface area (Å²) in [4.78, 5) is 24.7. The summed E-state index contributed by atoms with van der Waals surface area (Å²) in [5.74, 6) is 0. The quantitative estimate of drug-likeness (QED) is 0.834. The van der Waals surface area contributed by atoms with Crippen molar-refractivity contribution in [1.82, 2.24) is 9.62 Å². The van der Waals surface area contributed by atoms with E-state index in [0.717, 1.165) is 11.1 Å². The first kappa shape index (κ1) is 20.4. The molecule has 0 unspecified atom stereocenters. The number of para-hydroxylation sites is 1. The highest BCUT2D eigenvalue weighted by Gasteiger charge is 2.32. The molecule has 0 saturated heterocycles. The van der Waals surface area contributed by atoms with Gasteiger partial charge in [-0.25, -0.2) is 22.3 Å². The van der Waals surface area contributed by atoms with Crippen molar-refractivity contribution in [1.29, 1.82) is 0 Å². The molecule has 0 aliphatic rings. The van der Waals surface area contributed by atoms with Crippen molar-refractivity contribution in [2.24, 2.45) is 0 Å². The topological polar surface area (TPSA) is 95.6 Å². The summed E-state index contributed by atoms with van der Waals surface area (Å²) in [5.41, 5.74) is 2.24. The van der Waals surface area contributed by atoms with E-state index in [9.17, 15) is 18.0 Å². The summed E-state index contributed by atoms with van der Waals surface area (Å²) < 4.78 is 26.4. The van der Waals surface area contributed by atoms with Crippen LogP contribution >= 0.6 is 0 Å². The predicted octanol–water partition coefficient (Wildman–Crippen LogP) is 3.64. The summed E-state index contributed by atoms with van der Waals surface area (Å²) in [5, 5.41) is 4.62. The SMILES string of the molecule is Cc1ccc(S(=O)(=O)N(C(=O)NC(=O)Nc2ccccc2C)C(C)C)cc1. The maximum atomic E-state index is 12.9. The number of sulfonamides is 1. The van der Waals surface area contributed by atoms with Crippen molar-refractivity contribution < 1.29 is 18.0 Å². The molecule has 2 aromatic rings. The number of nitrogens with one attached hydrogen (secondary N) is 2. The van der Waals surface area contributed by atoms with E-state index >= 15 is 0 Å². The first-order chi connectivity index (χ1) is 12.6. The molecule has 8 heteroatoms. The van der Waals surface area contributed by atoms with Gasteiger partial charge in [-0.3, -0.25) is 5.32 Å². The van der Waals surface area contributed by atoms with Gasteiger partial charge >= 0.3 is 12.1 Å². The molecule has 2 N–H and O–H groups in total. The lowest BCUT2D eigenvalue weighted by molar-refractivity contribution is 0.213. The van der Waals surface area contributed by atoms with Gasteiger partial charge in [0.2, 0.25) is 0 Å². The average Bonchev–Trinajstić information content (AvgIpc) is 2.56. The van der Waals surface area contributed by atoms with Gasteiger partial charge in [-0.05, 0) is 51.5 Å². The third-order valence-electron chi connectivity index (χ3n) is 3.86. The smallest absolute Gasteiger partial charge is 0.307 e. The Morgan fingerprint density at radius 1 is 0.963 bits per heavy atom. The van der Waals surface area contributed by atoms with Crippen molar-refractivity contribution in [3.8, 4) is 0 Å². The Morgan fingerprint density at radius 2 is 1.56 bits per heavy atom. The number of urea groups is 2. The molecule has 0 heterocycles. The summed E-state index contributed by atoms with van der Waals surface area (Å²) in [7, 11) is -4.10. The summed E-state index contributed by atoms with van der Waals surface area (Å²) in [6, 6.07) is 10.7. The first-order valence-corrected chi connectivity index (χ1v) is 9.85. The molecule has 0 spiro atoms. The highest BCUT2D eigenvalue weighted by Crippen LogP contribution is 2.19. The molecular weight excluding hydrogens is 366 g/mol. The van der Waals surface area contributed by atoms with Gasteiger partial charge in [0.05, 0.1) is 4.90 Å². The zero-order chi connectivity index (χ0) is 20.2. The van der Waals surface area contributed by atoms with Crippen LogP contribution in [-0.2, 0) is 10.0 Å². The number of carbonyl (C=O) groups excluding carboxylic acids is 2. The van der Waals surface area contributed by atoms with Gasteiger partial charge in [0.1, 0.15) is 0 Å². The largest absolute Gasteiger partial charge is 0.339 e. The van der Waals surface area contributed by atoms with Crippen molar-refractivity contribution in [2.45, 2.75) is 38.6 Å². The number of hydrogen-bond donors (Lipinski definition) is 2. The monoisotopic (exact) mass is 389 g/mol. The van der Waals surface area contributed by atoms with E-state index in [0.29, 0.717) is 9.99 Å². The number of imide groups is 1. The molecule has 2 rings (SSSR count). The zero-order valence-corrected chi connectivity index (χ0v) is 16.5. The fourth-order valence-corrected chi connectivity index (χ4v) is 3.99. The molecule has 0 radical (unpaired) electrons. The molecule has 0 atom stereocenters. The number of amides is 4. The number of nitrogens with zero attached hydrogens (tertiary/aromatic N) is 1. The fraction of sp³-hybridized carbons (Fsp3) is 0.263. The molecule has 0 aliphatic heterocycles. The number of aryl methyl sites for hydroxylation is 2. The lowest BCUT2D eigenvalue weighted by Gasteiger charge is -2.26. The highest BCUT2D eigenvalue weighted by atomic mass is 32.2. The van der Waals surface area contributed by atoms with Crippen LogP contribution in [0.5, 0.6) is 0 Å². The van der Waals surface area contributed by atoms with Crippen LogP contribution in [0.15, 0.2) is 53.4 Å². The van der Waals surface area contributed by atoms with Crippen molar-refractivity contribution in [2.75, 3.05) is 5.32 Å². The van der Waals surface area contributed by atoms with Gasteiger partial charge in [-0.1, -0.05) is 35.9 Å². The Bertz CT molecular complexity index is 938. The van der Waals surface area contributed by atoms with E-state index in [4.69, 9.17) is 0 Å². The van der Waals surface area contributed by atoms with Crippen LogP contribution in [0.2, 0.25) is 0 Å². The maximum Gasteiger partial charge on any atom is 0.339 e. The van der Waals surface area contributed by atoms with Crippen LogP contribution in [0.4, 0.5) is 15.3 Å². The number of hydrogen-bond acceptors (Lipinski definition) is 4. The third-order valence-corrected chi connectivity index (χ3v) is 5.83. The number of carbonyl (C=O) groups is 2. The van der Waals surface area contributed by atoms with Gasteiger partial charge in [0.25, 0.3) is 10.0 Å². The molecule has 0 aromatic heterocycles. The minimum absolute atomic E-state index is 0.0174. The second-order valence-electron chi connectivity index (χ2n) is 6.41. The van der Waals surface area contributed by atoms with E-state index in [2.05, 4.69) is 10.6 Å². The standard InChI is InChI=1S/C19H23N3O4S/c1-13(2)22(27(25,26)16-11-9-14(3)10-12-16)19(24)21-18(23)20-17-8-6-5-7-15(17)4/h5-13H,1-4H3,(H2,20,21,23,24). The van der Waals surface area contributed by atoms with Crippen molar-refractivity contribution in [3.05, 3.63) is 59.7 Å². The van der Waals surface area contributed by atoms with Gasteiger partial charge in [-0.15, -0.1) is 0 Å². The van der Waals surface area contributed by atoms with E-state index in [1.54, 1.807) is 51.1 Å². The van der Waals surface area contributed by atoms with Crippen molar-refractivity contribution in [3.63, 3.8) is 0 Å². The van der Waals surface area contributed by atoms with Gasteiger partial charge < -0.3 is 5.32 Å². The van der Waals surface area contributed by atoms with Crippen LogP contribution in [-0.4, -0.2) is 30.8 Å². The van der Waals surface area contributed by atoms with Crippen LogP contribution in [0.25, 0.3) is 0 Å². The molecule has 0 bridgehead atoms. The first-order valence-electron chi connectivity index (χ1n) is 8.41. The second-order valence-corrected chi connectivity index (χ2v) is 8.22. The lowest BCUT2D eigenvalue weighted by atomic mass is 10.2. The zero-order valence-electron chi connectivity index (χ0n) is 15.7. The van der Waals surface area contributed by atoms with E-state index in [1.165, 1.54) is 12.1 Å². The van der Waals surface area contributed by atoms with Gasteiger partial charge in [0.15, 0.2) is 0 Å². The van der Waals surface area contributed by atoms with E-state index in [-0.39, 0.29) is 4.90 Å². The van der Waals surface area contributed by atoms with Crippen LogP contribution in [0, 0.1) is 13.8 Å². The molecule has 0 saturated carbocycles. The Morgan fingerprint density at radius 3 is 2.11 bits per heavy atom. The normalized spacial score (nSPS) is 11.1. The maximum absolute atomic E-state index is 12.9. The Hall–Kier alpha value is -2.87. The van der Waals surface area contributed by atoms with Gasteiger partial charge in [0, 0.05) is 11.7 Å². The van der Waals surface area contributed by atoms with E-state index < -0.39 is 28.1 Å². The molecule has 4 amide bonds. The van der Waals surface area contributed by atoms with Crippen LogP contribution < -0.4 is 10.6 Å². The fourth-order valence-electron chi connectivity index (χ4n) is 2.46. The Balaban J connectivity index is 2.21. The minimum atomic E-state index is -4.10. The van der Waals surface area contributed by atoms with Crippen LogP contribution in [0.3, 0.4) is 0 Å². The Kier molecular flexibility index (Phi) is 6.22. The van der Waals surface area contributed by atoms with Crippen molar-refractivity contribution >= 4 is 27.8 Å². The molecule has 144 valence electrons. The number of rotatable bonds is 4. The average molecular weight is 389 g/mol. The summed E-state index contributed by atoms with van der Waals surface area (Å²) >= 11 is 0. The lowest BCUT2D eigenvalue weighted by Crippen LogP contribution is -2.50. The summed E-state index contributed by atoms with van der Waals surface area (Å²) in [6.07, 6.45) is 0. The number of benzene rings is 2. The van der Waals surface area contributed by atoms with Crippen LogP contribution in [0.1, 0.15) is 25.0 Å². The Labute approximate surface area is 159 Å². The molecular formula is C19H23N3O4S.